The zero-order valence-corrected chi connectivity index (χ0v) is 10.2. The van der Waals surface area contributed by atoms with Crippen molar-refractivity contribution in [2.75, 3.05) is 6.61 Å². The Morgan fingerprint density at radius 1 is 1.41 bits per heavy atom. The number of aryl methyl sites for hydroxylation is 1. The maximum absolute atomic E-state index is 11.3. The van der Waals surface area contributed by atoms with Gasteiger partial charge in [0, 0.05) is 19.0 Å². The predicted molar refractivity (Wildman–Crippen MR) is 60.0 cm³/mol. The van der Waals surface area contributed by atoms with Crippen LogP contribution in [0.4, 0.5) is 0 Å². The number of hydrogen-bond donors (Lipinski definition) is 1. The number of ether oxygens (including phenoxy) is 1. The molecule has 2 rings (SSSR count). The molecule has 0 radical (unpaired) electrons. The second-order valence-corrected chi connectivity index (χ2v) is 5.74. The molecule has 0 aliphatic carbocycles. The average molecular weight is 258 g/mol. The lowest BCUT2D eigenvalue weighted by molar-refractivity contribution is 0.0108. The third-order valence-electron chi connectivity index (χ3n) is 2.71. The molecule has 6 nitrogen and oxygen atoms in total. The summed E-state index contributed by atoms with van der Waals surface area (Å²) in [5, 5.41) is -0.973. The van der Waals surface area contributed by atoms with Gasteiger partial charge in [-0.25, -0.2) is 9.97 Å². The molecular weight excluding hydrogens is 244 g/mol. The lowest BCUT2D eigenvalue weighted by atomic mass is 10.1. The second kappa shape index (κ2) is 4.67. The maximum Gasteiger partial charge on any atom is 0.270 e. The van der Waals surface area contributed by atoms with Gasteiger partial charge in [-0.3, -0.25) is 4.55 Å². The quantitative estimate of drug-likeness (QED) is 0.792. The minimum Gasteiger partial charge on any atom is -0.369 e. The van der Waals surface area contributed by atoms with Gasteiger partial charge in [0.15, 0.2) is 5.82 Å². The molecule has 1 aliphatic heterocycles. The predicted octanol–water partition coefficient (Wildman–Crippen LogP) is 0.893. The molecule has 0 unspecified atom stereocenters. The van der Waals surface area contributed by atoms with E-state index in [1.807, 2.05) is 6.92 Å². The molecule has 1 N–H and O–H groups in total. The van der Waals surface area contributed by atoms with E-state index in [1.54, 1.807) is 12.4 Å². The number of nitrogens with zero attached hydrogens (tertiary/aromatic N) is 2. The summed E-state index contributed by atoms with van der Waals surface area (Å²) in [6.45, 7) is 2.29. The van der Waals surface area contributed by atoms with Crippen LogP contribution in [-0.2, 0) is 14.9 Å². The van der Waals surface area contributed by atoms with Crippen molar-refractivity contribution in [3.8, 4) is 0 Å². The smallest absolute Gasteiger partial charge is 0.270 e. The molecule has 1 saturated heterocycles. The fraction of sp³-hybridized carbons (Fsp3) is 0.600. The molecule has 0 amide bonds. The molecular formula is C10H14N2O4S. The third-order valence-corrected chi connectivity index (χ3v) is 3.95. The molecule has 1 fully saturated rings. The van der Waals surface area contributed by atoms with Gasteiger partial charge in [0.2, 0.25) is 0 Å². The van der Waals surface area contributed by atoms with Crippen LogP contribution in [0, 0.1) is 6.92 Å². The Balaban J connectivity index is 2.31. The van der Waals surface area contributed by atoms with E-state index < -0.39 is 21.5 Å². The highest BCUT2D eigenvalue weighted by atomic mass is 32.2. The maximum atomic E-state index is 11.3. The first-order chi connectivity index (χ1) is 7.98. The van der Waals surface area contributed by atoms with E-state index in [2.05, 4.69) is 9.97 Å². The number of aromatic nitrogens is 2. The van der Waals surface area contributed by atoms with Crippen LogP contribution in [0.25, 0.3) is 0 Å². The Morgan fingerprint density at radius 2 is 2.06 bits per heavy atom. The van der Waals surface area contributed by atoms with Gasteiger partial charge >= 0.3 is 0 Å². The molecule has 1 aliphatic rings. The highest BCUT2D eigenvalue weighted by molar-refractivity contribution is 7.86. The van der Waals surface area contributed by atoms with Crippen LogP contribution in [0.2, 0.25) is 0 Å². The van der Waals surface area contributed by atoms with Crippen LogP contribution >= 0.6 is 0 Å². The minimum absolute atomic E-state index is 0.304. The summed E-state index contributed by atoms with van der Waals surface area (Å²) in [7, 11) is -4.14. The lowest BCUT2D eigenvalue weighted by Crippen LogP contribution is -2.34. The van der Waals surface area contributed by atoms with Crippen molar-refractivity contribution in [2.24, 2.45) is 0 Å². The van der Waals surface area contributed by atoms with Crippen molar-refractivity contribution in [2.45, 2.75) is 31.1 Å². The van der Waals surface area contributed by atoms with Gasteiger partial charge in [0.05, 0.1) is 0 Å². The Bertz CT molecular complexity index is 486. The molecule has 1 aromatic rings. The van der Waals surface area contributed by atoms with Crippen molar-refractivity contribution >= 4 is 10.1 Å². The molecule has 1 aromatic heterocycles. The van der Waals surface area contributed by atoms with E-state index in [1.165, 1.54) is 0 Å². The molecule has 0 spiro atoms. The number of hydrogen-bond acceptors (Lipinski definition) is 5. The van der Waals surface area contributed by atoms with Crippen molar-refractivity contribution in [3.05, 3.63) is 23.8 Å². The highest BCUT2D eigenvalue weighted by Gasteiger charge is 2.38. The van der Waals surface area contributed by atoms with E-state index in [4.69, 9.17) is 9.29 Å². The first-order valence-electron chi connectivity index (χ1n) is 5.35. The molecule has 0 bridgehead atoms. The summed E-state index contributed by atoms with van der Waals surface area (Å²) in [6, 6.07) is 0. The van der Waals surface area contributed by atoms with Gasteiger partial charge in [-0.2, -0.15) is 8.42 Å². The first-order valence-corrected chi connectivity index (χ1v) is 6.85. The van der Waals surface area contributed by atoms with Gasteiger partial charge in [0.1, 0.15) is 11.4 Å². The Kier molecular flexibility index (Phi) is 3.41. The monoisotopic (exact) mass is 258 g/mol. The molecule has 94 valence electrons. The van der Waals surface area contributed by atoms with Crippen molar-refractivity contribution in [1.29, 1.82) is 0 Å². The topological polar surface area (TPSA) is 89.4 Å². The molecule has 0 aromatic carbocycles. The van der Waals surface area contributed by atoms with Gasteiger partial charge in [-0.15, -0.1) is 0 Å². The van der Waals surface area contributed by atoms with Crippen molar-refractivity contribution in [3.63, 3.8) is 0 Å². The minimum atomic E-state index is -4.14. The molecule has 0 saturated carbocycles. The third kappa shape index (κ3) is 2.80. The van der Waals surface area contributed by atoms with E-state index in [0.29, 0.717) is 25.3 Å². The first kappa shape index (κ1) is 12.4. The summed E-state index contributed by atoms with van der Waals surface area (Å²) in [4.78, 5) is 8.11. The van der Waals surface area contributed by atoms with Gasteiger partial charge < -0.3 is 4.74 Å². The summed E-state index contributed by atoms with van der Waals surface area (Å²) in [6.07, 6.45) is 3.38. The van der Waals surface area contributed by atoms with Crippen LogP contribution in [0.3, 0.4) is 0 Å². The normalized spacial score (nSPS) is 25.8. The Hall–Kier alpha value is -1.05. The van der Waals surface area contributed by atoms with E-state index in [0.717, 1.165) is 5.56 Å². The lowest BCUT2D eigenvalue weighted by Gasteiger charge is -2.28. The van der Waals surface area contributed by atoms with Crippen LogP contribution in [0.1, 0.15) is 30.3 Å². The van der Waals surface area contributed by atoms with Crippen molar-refractivity contribution in [1.82, 2.24) is 9.97 Å². The second-order valence-electron chi connectivity index (χ2n) is 4.11. The highest BCUT2D eigenvalue weighted by Crippen LogP contribution is 2.30. The van der Waals surface area contributed by atoms with Crippen LogP contribution in [-0.4, -0.2) is 34.8 Å². The Labute approximate surface area is 99.8 Å². The molecule has 2 heterocycles. The summed E-state index contributed by atoms with van der Waals surface area (Å²) in [5.74, 6) is 0.304. The fourth-order valence-corrected chi connectivity index (χ4v) is 2.83. The zero-order valence-electron chi connectivity index (χ0n) is 9.41. The van der Waals surface area contributed by atoms with Crippen molar-refractivity contribution < 1.29 is 17.7 Å². The summed E-state index contributed by atoms with van der Waals surface area (Å²) in [5.41, 5.74) is 0.882. The van der Waals surface area contributed by atoms with E-state index >= 15 is 0 Å². The van der Waals surface area contributed by atoms with Crippen LogP contribution in [0.5, 0.6) is 0 Å². The van der Waals surface area contributed by atoms with Gasteiger partial charge in [-0.05, 0) is 25.3 Å². The summed E-state index contributed by atoms with van der Waals surface area (Å²) < 4.78 is 37.1. The largest absolute Gasteiger partial charge is 0.369 e. The van der Waals surface area contributed by atoms with Crippen LogP contribution < -0.4 is 0 Å². The average Bonchev–Trinajstić information content (AvgIpc) is 2.29. The Morgan fingerprint density at radius 3 is 2.65 bits per heavy atom. The van der Waals surface area contributed by atoms with Crippen LogP contribution in [0.15, 0.2) is 12.4 Å². The molecule has 7 heteroatoms. The van der Waals surface area contributed by atoms with E-state index in [9.17, 15) is 8.42 Å². The summed E-state index contributed by atoms with van der Waals surface area (Å²) >= 11 is 0. The SMILES string of the molecule is Cc1cnc([C@H]2OCCC[C@@H]2S(=O)(=O)O)nc1. The number of rotatable bonds is 2. The van der Waals surface area contributed by atoms with Gasteiger partial charge in [-0.1, -0.05) is 0 Å². The van der Waals surface area contributed by atoms with Gasteiger partial charge in [0.25, 0.3) is 10.1 Å². The zero-order chi connectivity index (χ0) is 12.5. The molecule has 2 atom stereocenters. The fourth-order valence-electron chi connectivity index (χ4n) is 1.85. The standard InChI is InChI=1S/C10H14N2O4S/c1-7-5-11-10(12-6-7)9-8(17(13,14)15)3-2-4-16-9/h5-6,8-9H,2-4H2,1H3,(H,13,14,15)/t8-,9-/m0/s1. The molecule has 17 heavy (non-hydrogen) atoms. The van der Waals surface area contributed by atoms with E-state index in [-0.39, 0.29) is 0 Å².